The van der Waals surface area contributed by atoms with Gasteiger partial charge in [-0.3, -0.25) is 0 Å². The Hall–Kier alpha value is -1.69. The Bertz CT molecular complexity index is 516. The maximum absolute atomic E-state index is 13.5. The first kappa shape index (κ1) is 19.4. The van der Waals surface area contributed by atoms with Crippen LogP contribution < -0.4 is 10.6 Å². The van der Waals surface area contributed by atoms with Gasteiger partial charge in [-0.1, -0.05) is 19.4 Å². The second-order valence-electron chi connectivity index (χ2n) is 6.50. The standard InChI is InChI=1S/C17H26F2N2O2/c1-5-6-14(21-16(22)23-17(2,3)4)11-20-10-12-7-8-13(18)9-15(12)19/h7-9,14,20H,5-6,10-11H2,1-4H3,(H,21,22)/t14-/m1/s1. The maximum atomic E-state index is 13.5. The molecule has 0 radical (unpaired) electrons. The number of alkyl carbamates (subject to hydrolysis) is 1. The Labute approximate surface area is 136 Å². The molecule has 1 aromatic carbocycles. The highest BCUT2D eigenvalue weighted by atomic mass is 19.1. The van der Waals surface area contributed by atoms with Crippen molar-refractivity contribution in [3.63, 3.8) is 0 Å². The summed E-state index contributed by atoms with van der Waals surface area (Å²) in [5.41, 5.74) is -0.162. The van der Waals surface area contributed by atoms with Crippen LogP contribution in [-0.4, -0.2) is 24.3 Å². The number of hydrogen-bond donors (Lipinski definition) is 2. The number of carbonyl (C=O) groups excluding carboxylic acids is 1. The molecule has 0 spiro atoms. The second-order valence-corrected chi connectivity index (χ2v) is 6.50. The summed E-state index contributed by atoms with van der Waals surface area (Å²) in [5, 5.41) is 5.89. The molecule has 0 aromatic heterocycles. The van der Waals surface area contributed by atoms with Gasteiger partial charge in [-0.2, -0.15) is 0 Å². The fourth-order valence-corrected chi connectivity index (χ4v) is 2.09. The normalized spacial score (nSPS) is 12.8. The van der Waals surface area contributed by atoms with Gasteiger partial charge >= 0.3 is 6.09 Å². The predicted octanol–water partition coefficient (Wildman–Crippen LogP) is 3.75. The maximum Gasteiger partial charge on any atom is 0.407 e. The van der Waals surface area contributed by atoms with Crippen LogP contribution in [0.3, 0.4) is 0 Å². The Balaban J connectivity index is 2.48. The monoisotopic (exact) mass is 328 g/mol. The summed E-state index contributed by atoms with van der Waals surface area (Å²) in [6, 6.07) is 3.38. The van der Waals surface area contributed by atoms with Crippen LogP contribution in [-0.2, 0) is 11.3 Å². The smallest absolute Gasteiger partial charge is 0.407 e. The van der Waals surface area contributed by atoms with E-state index in [1.165, 1.54) is 12.1 Å². The minimum Gasteiger partial charge on any atom is -0.444 e. The van der Waals surface area contributed by atoms with Crippen molar-refractivity contribution in [1.82, 2.24) is 10.6 Å². The first-order valence-corrected chi connectivity index (χ1v) is 7.85. The number of benzene rings is 1. The van der Waals surface area contributed by atoms with Crippen molar-refractivity contribution in [2.45, 2.75) is 58.7 Å². The molecule has 6 heteroatoms. The molecule has 2 N–H and O–H groups in total. The van der Waals surface area contributed by atoms with Crippen molar-refractivity contribution >= 4 is 6.09 Å². The topological polar surface area (TPSA) is 50.4 Å². The highest BCUT2D eigenvalue weighted by molar-refractivity contribution is 5.68. The van der Waals surface area contributed by atoms with Crippen molar-refractivity contribution in [2.75, 3.05) is 6.54 Å². The third-order valence-electron chi connectivity index (χ3n) is 3.08. The average molecular weight is 328 g/mol. The summed E-state index contributed by atoms with van der Waals surface area (Å²) in [6.07, 6.45) is 1.20. The van der Waals surface area contributed by atoms with Gasteiger partial charge in [0, 0.05) is 30.8 Å². The largest absolute Gasteiger partial charge is 0.444 e. The fraction of sp³-hybridized carbons (Fsp3) is 0.588. The summed E-state index contributed by atoms with van der Waals surface area (Å²) < 4.78 is 31.6. The van der Waals surface area contributed by atoms with Crippen LogP contribution in [0, 0.1) is 11.6 Å². The van der Waals surface area contributed by atoms with E-state index in [4.69, 9.17) is 4.74 Å². The Morgan fingerprint density at radius 3 is 2.57 bits per heavy atom. The highest BCUT2D eigenvalue weighted by Crippen LogP contribution is 2.10. The molecule has 0 unspecified atom stereocenters. The zero-order chi connectivity index (χ0) is 17.5. The van der Waals surface area contributed by atoms with Crippen LogP contribution in [0.25, 0.3) is 0 Å². The number of hydrogen-bond acceptors (Lipinski definition) is 3. The van der Waals surface area contributed by atoms with E-state index in [0.29, 0.717) is 12.1 Å². The van der Waals surface area contributed by atoms with Crippen molar-refractivity contribution in [2.24, 2.45) is 0 Å². The molecule has 1 rings (SSSR count). The van der Waals surface area contributed by atoms with E-state index < -0.39 is 23.3 Å². The molecule has 1 amide bonds. The lowest BCUT2D eigenvalue weighted by Gasteiger charge is -2.23. The van der Waals surface area contributed by atoms with Gasteiger partial charge in [-0.25, -0.2) is 13.6 Å². The fourth-order valence-electron chi connectivity index (χ4n) is 2.09. The van der Waals surface area contributed by atoms with Crippen LogP contribution in [0.5, 0.6) is 0 Å². The minimum atomic E-state index is -0.596. The summed E-state index contributed by atoms with van der Waals surface area (Å²) in [6.45, 7) is 8.17. The molecule has 0 aliphatic rings. The Morgan fingerprint density at radius 1 is 1.30 bits per heavy atom. The Morgan fingerprint density at radius 2 is 2.00 bits per heavy atom. The van der Waals surface area contributed by atoms with Crippen molar-refractivity contribution in [3.8, 4) is 0 Å². The van der Waals surface area contributed by atoms with Gasteiger partial charge in [-0.15, -0.1) is 0 Å². The SMILES string of the molecule is CCC[C@H](CNCc1ccc(F)cc1F)NC(=O)OC(C)(C)C. The number of amides is 1. The first-order chi connectivity index (χ1) is 10.7. The van der Waals surface area contributed by atoms with Gasteiger partial charge in [0.15, 0.2) is 0 Å². The molecule has 1 aromatic rings. The van der Waals surface area contributed by atoms with Crippen molar-refractivity contribution in [1.29, 1.82) is 0 Å². The van der Waals surface area contributed by atoms with Crippen molar-refractivity contribution in [3.05, 3.63) is 35.4 Å². The summed E-state index contributed by atoms with van der Waals surface area (Å²) in [5.74, 6) is -1.17. The number of carbonyl (C=O) groups is 1. The van der Waals surface area contributed by atoms with E-state index in [2.05, 4.69) is 10.6 Å². The van der Waals surface area contributed by atoms with Gasteiger partial charge in [0.05, 0.1) is 0 Å². The third kappa shape index (κ3) is 7.93. The minimum absolute atomic E-state index is 0.113. The van der Waals surface area contributed by atoms with E-state index in [1.807, 2.05) is 6.92 Å². The number of nitrogens with one attached hydrogen (secondary N) is 2. The lowest BCUT2D eigenvalue weighted by molar-refractivity contribution is 0.0501. The van der Waals surface area contributed by atoms with E-state index in [1.54, 1.807) is 20.8 Å². The summed E-state index contributed by atoms with van der Waals surface area (Å²) in [4.78, 5) is 11.8. The van der Waals surface area contributed by atoms with Crippen LogP contribution in [0.4, 0.5) is 13.6 Å². The molecular weight excluding hydrogens is 302 g/mol. The molecular formula is C17H26F2N2O2. The van der Waals surface area contributed by atoms with Crippen LogP contribution >= 0.6 is 0 Å². The molecule has 4 nitrogen and oxygen atoms in total. The second kappa shape index (κ2) is 8.82. The van der Waals surface area contributed by atoms with Gasteiger partial charge in [0.25, 0.3) is 0 Å². The lowest BCUT2D eigenvalue weighted by atomic mass is 10.1. The molecule has 0 aliphatic carbocycles. The van der Waals surface area contributed by atoms with E-state index in [9.17, 15) is 13.6 Å². The van der Waals surface area contributed by atoms with Gasteiger partial charge < -0.3 is 15.4 Å². The average Bonchev–Trinajstić information content (AvgIpc) is 2.39. The third-order valence-corrected chi connectivity index (χ3v) is 3.08. The molecule has 0 fully saturated rings. The number of ether oxygens (including phenoxy) is 1. The molecule has 23 heavy (non-hydrogen) atoms. The van der Waals surface area contributed by atoms with Crippen molar-refractivity contribution < 1.29 is 18.3 Å². The van der Waals surface area contributed by atoms with Gasteiger partial charge in [0.2, 0.25) is 0 Å². The Kier molecular flexibility index (Phi) is 7.42. The lowest BCUT2D eigenvalue weighted by Crippen LogP contribution is -2.44. The molecule has 0 heterocycles. The first-order valence-electron chi connectivity index (χ1n) is 7.85. The molecule has 0 saturated heterocycles. The zero-order valence-corrected chi connectivity index (χ0v) is 14.2. The predicted molar refractivity (Wildman–Crippen MR) is 86.1 cm³/mol. The van der Waals surface area contributed by atoms with E-state index >= 15 is 0 Å². The summed E-state index contributed by atoms with van der Waals surface area (Å²) >= 11 is 0. The molecule has 130 valence electrons. The number of halogens is 2. The van der Waals surface area contributed by atoms with Crippen LogP contribution in [0.1, 0.15) is 46.1 Å². The quantitative estimate of drug-likeness (QED) is 0.801. The van der Waals surface area contributed by atoms with Crippen LogP contribution in [0.15, 0.2) is 18.2 Å². The zero-order valence-electron chi connectivity index (χ0n) is 14.2. The highest BCUT2D eigenvalue weighted by Gasteiger charge is 2.19. The molecule has 0 aliphatic heterocycles. The molecule has 0 saturated carbocycles. The van der Waals surface area contributed by atoms with E-state index in [-0.39, 0.29) is 12.6 Å². The van der Waals surface area contributed by atoms with E-state index in [0.717, 1.165) is 18.9 Å². The molecule has 0 bridgehead atoms. The molecule has 1 atom stereocenters. The van der Waals surface area contributed by atoms with Crippen LogP contribution in [0.2, 0.25) is 0 Å². The van der Waals surface area contributed by atoms with Gasteiger partial charge in [0.1, 0.15) is 17.2 Å². The number of rotatable bonds is 7. The summed E-state index contributed by atoms with van der Waals surface area (Å²) in [7, 11) is 0. The van der Waals surface area contributed by atoms with Gasteiger partial charge in [-0.05, 0) is 33.3 Å².